The number of hydrogen-bond acceptors (Lipinski definition) is 4. The lowest BCUT2D eigenvalue weighted by Crippen LogP contribution is -2.23. The summed E-state index contributed by atoms with van der Waals surface area (Å²) in [5.74, 6) is 0.401. The number of nitrogens with zero attached hydrogens (tertiary/aromatic N) is 4. The van der Waals surface area contributed by atoms with Crippen LogP contribution in [-0.2, 0) is 19.8 Å². The molecule has 0 radical (unpaired) electrons. The van der Waals surface area contributed by atoms with E-state index in [9.17, 15) is 4.79 Å². The fourth-order valence-electron chi connectivity index (χ4n) is 2.41. The van der Waals surface area contributed by atoms with Gasteiger partial charge in [0, 0.05) is 36.1 Å². The first-order chi connectivity index (χ1) is 12.5. The first-order valence-electron chi connectivity index (χ1n) is 8.28. The maximum atomic E-state index is 12.3. The maximum Gasteiger partial charge on any atom is 0.272 e. The van der Waals surface area contributed by atoms with E-state index in [1.165, 1.54) is 0 Å². The molecule has 0 saturated carbocycles. The third-order valence-corrected chi connectivity index (χ3v) is 4.08. The Balaban J connectivity index is 1.54. The maximum absolute atomic E-state index is 12.3. The molecule has 0 bridgehead atoms. The predicted octanol–water partition coefficient (Wildman–Crippen LogP) is 3.03. The van der Waals surface area contributed by atoms with Crippen molar-refractivity contribution in [2.24, 2.45) is 0 Å². The Bertz CT molecular complexity index is 903. The molecule has 0 atom stereocenters. The van der Waals surface area contributed by atoms with Crippen molar-refractivity contribution in [1.29, 1.82) is 0 Å². The van der Waals surface area contributed by atoms with Gasteiger partial charge < -0.3 is 10.1 Å². The third-order valence-electron chi connectivity index (χ3n) is 3.84. The molecular formula is C18H20ClN5O2. The zero-order chi connectivity index (χ0) is 18.5. The Morgan fingerprint density at radius 3 is 2.85 bits per heavy atom. The van der Waals surface area contributed by atoms with Crippen molar-refractivity contribution >= 4 is 17.5 Å². The highest BCUT2D eigenvalue weighted by atomic mass is 35.5. The molecule has 1 amide bonds. The molecule has 8 heteroatoms. The highest BCUT2D eigenvalue weighted by Gasteiger charge is 2.11. The molecule has 0 fully saturated rings. The Morgan fingerprint density at radius 2 is 2.12 bits per heavy atom. The SMILES string of the molecule is CCn1cc(CNC(=O)c2ccn(COc3cccc(Cl)c3)n2)c(C)n1. The summed E-state index contributed by atoms with van der Waals surface area (Å²) in [4.78, 5) is 12.3. The van der Waals surface area contributed by atoms with E-state index in [1.807, 2.05) is 36.9 Å². The highest BCUT2D eigenvalue weighted by Crippen LogP contribution is 2.17. The van der Waals surface area contributed by atoms with Crippen molar-refractivity contribution in [3.63, 3.8) is 0 Å². The second-order valence-corrected chi connectivity index (χ2v) is 6.19. The average Bonchev–Trinajstić information content (AvgIpc) is 3.24. The second kappa shape index (κ2) is 8.05. The van der Waals surface area contributed by atoms with E-state index in [4.69, 9.17) is 16.3 Å². The minimum Gasteiger partial charge on any atom is -0.471 e. The molecule has 1 N–H and O–H groups in total. The van der Waals surface area contributed by atoms with Gasteiger partial charge in [-0.2, -0.15) is 10.2 Å². The molecular weight excluding hydrogens is 354 g/mol. The van der Waals surface area contributed by atoms with Crippen LogP contribution in [0, 0.1) is 6.92 Å². The van der Waals surface area contributed by atoms with E-state index in [1.54, 1.807) is 29.1 Å². The molecule has 1 aromatic carbocycles. The molecule has 0 unspecified atom stereocenters. The largest absolute Gasteiger partial charge is 0.471 e. The number of aryl methyl sites for hydroxylation is 2. The average molecular weight is 374 g/mol. The second-order valence-electron chi connectivity index (χ2n) is 5.75. The Morgan fingerprint density at radius 1 is 1.27 bits per heavy atom. The van der Waals surface area contributed by atoms with Crippen LogP contribution in [0.15, 0.2) is 42.7 Å². The van der Waals surface area contributed by atoms with E-state index in [0.717, 1.165) is 17.8 Å². The zero-order valence-electron chi connectivity index (χ0n) is 14.6. The van der Waals surface area contributed by atoms with Gasteiger partial charge in [0.15, 0.2) is 6.73 Å². The molecule has 0 spiro atoms. The molecule has 3 aromatic rings. The number of ether oxygens (including phenoxy) is 1. The van der Waals surface area contributed by atoms with Gasteiger partial charge in [-0.15, -0.1) is 0 Å². The van der Waals surface area contributed by atoms with Crippen LogP contribution in [0.3, 0.4) is 0 Å². The van der Waals surface area contributed by atoms with Gasteiger partial charge in [-0.1, -0.05) is 17.7 Å². The molecule has 26 heavy (non-hydrogen) atoms. The molecule has 7 nitrogen and oxygen atoms in total. The van der Waals surface area contributed by atoms with Gasteiger partial charge >= 0.3 is 0 Å². The van der Waals surface area contributed by atoms with Gasteiger partial charge in [0.1, 0.15) is 11.4 Å². The summed E-state index contributed by atoms with van der Waals surface area (Å²) >= 11 is 5.92. The Labute approximate surface area is 156 Å². The standard InChI is InChI=1S/C18H20ClN5O2/c1-3-23-11-14(13(2)21-23)10-20-18(25)17-7-8-24(22-17)12-26-16-6-4-5-15(19)9-16/h4-9,11H,3,10,12H2,1-2H3,(H,20,25). The van der Waals surface area contributed by atoms with Crippen LogP contribution in [0.1, 0.15) is 28.7 Å². The van der Waals surface area contributed by atoms with Crippen LogP contribution in [0.5, 0.6) is 5.75 Å². The predicted molar refractivity (Wildman–Crippen MR) is 98.1 cm³/mol. The first-order valence-corrected chi connectivity index (χ1v) is 8.66. The van der Waals surface area contributed by atoms with Gasteiger partial charge in [0.05, 0.1) is 5.69 Å². The molecule has 2 aromatic heterocycles. The van der Waals surface area contributed by atoms with Crippen LogP contribution in [-0.4, -0.2) is 25.5 Å². The van der Waals surface area contributed by atoms with Gasteiger partial charge in [0.2, 0.25) is 0 Å². The third kappa shape index (κ3) is 4.43. The quantitative estimate of drug-likeness (QED) is 0.690. The van der Waals surface area contributed by atoms with Crippen molar-refractivity contribution < 1.29 is 9.53 Å². The summed E-state index contributed by atoms with van der Waals surface area (Å²) in [6.45, 7) is 5.35. The normalized spacial score (nSPS) is 10.7. The molecule has 0 aliphatic carbocycles. The van der Waals surface area contributed by atoms with Crippen molar-refractivity contribution in [1.82, 2.24) is 24.9 Å². The van der Waals surface area contributed by atoms with Crippen molar-refractivity contribution in [2.75, 3.05) is 0 Å². The summed E-state index contributed by atoms with van der Waals surface area (Å²) in [7, 11) is 0. The molecule has 136 valence electrons. The number of hydrogen-bond donors (Lipinski definition) is 1. The summed E-state index contributed by atoms with van der Waals surface area (Å²) in [5, 5.41) is 12.1. The number of aromatic nitrogens is 4. The highest BCUT2D eigenvalue weighted by molar-refractivity contribution is 6.30. The molecule has 2 heterocycles. The van der Waals surface area contributed by atoms with Gasteiger partial charge in [0.25, 0.3) is 5.91 Å². The number of amides is 1. The van der Waals surface area contributed by atoms with E-state index >= 15 is 0 Å². The number of rotatable bonds is 7. The summed E-state index contributed by atoms with van der Waals surface area (Å²) in [6, 6.07) is 8.76. The van der Waals surface area contributed by atoms with Crippen molar-refractivity contribution in [3.05, 3.63) is 64.7 Å². The number of carbonyl (C=O) groups is 1. The van der Waals surface area contributed by atoms with Crippen molar-refractivity contribution in [2.45, 2.75) is 33.7 Å². The monoisotopic (exact) mass is 373 g/mol. The summed E-state index contributed by atoms with van der Waals surface area (Å²) in [6.07, 6.45) is 3.63. The molecule has 0 saturated heterocycles. The van der Waals surface area contributed by atoms with Crippen LogP contribution in [0.4, 0.5) is 0 Å². The minimum atomic E-state index is -0.241. The van der Waals surface area contributed by atoms with Gasteiger partial charge in [-0.05, 0) is 38.1 Å². The van der Waals surface area contributed by atoms with Gasteiger partial charge in [-0.25, -0.2) is 4.68 Å². The Hall–Kier alpha value is -2.80. The smallest absolute Gasteiger partial charge is 0.272 e. The lowest BCUT2D eigenvalue weighted by Gasteiger charge is -2.06. The van der Waals surface area contributed by atoms with Crippen LogP contribution in [0.25, 0.3) is 0 Å². The van der Waals surface area contributed by atoms with Crippen LogP contribution >= 0.6 is 11.6 Å². The van der Waals surface area contributed by atoms with E-state index in [0.29, 0.717) is 23.0 Å². The first kappa shape index (κ1) is 18.0. The van der Waals surface area contributed by atoms with Crippen LogP contribution < -0.4 is 10.1 Å². The fraction of sp³-hybridized carbons (Fsp3) is 0.278. The van der Waals surface area contributed by atoms with Crippen LogP contribution in [0.2, 0.25) is 5.02 Å². The number of halogens is 1. The van der Waals surface area contributed by atoms with E-state index in [2.05, 4.69) is 15.5 Å². The topological polar surface area (TPSA) is 74.0 Å². The number of benzene rings is 1. The summed E-state index contributed by atoms with van der Waals surface area (Å²) < 4.78 is 9.00. The molecule has 3 rings (SSSR count). The molecule has 0 aliphatic rings. The Kier molecular flexibility index (Phi) is 5.58. The molecule has 0 aliphatic heterocycles. The lowest BCUT2D eigenvalue weighted by molar-refractivity contribution is 0.0944. The van der Waals surface area contributed by atoms with Gasteiger partial charge in [-0.3, -0.25) is 9.48 Å². The zero-order valence-corrected chi connectivity index (χ0v) is 15.4. The number of nitrogens with one attached hydrogen (secondary N) is 1. The fourth-order valence-corrected chi connectivity index (χ4v) is 2.59. The lowest BCUT2D eigenvalue weighted by atomic mass is 10.2. The van der Waals surface area contributed by atoms with E-state index in [-0.39, 0.29) is 12.6 Å². The number of carbonyl (C=O) groups excluding carboxylic acids is 1. The minimum absolute atomic E-state index is 0.190. The summed E-state index contributed by atoms with van der Waals surface area (Å²) in [5.41, 5.74) is 2.23. The van der Waals surface area contributed by atoms with Crippen molar-refractivity contribution in [3.8, 4) is 5.75 Å². The van der Waals surface area contributed by atoms with E-state index < -0.39 is 0 Å².